The molecule has 2 aromatic carbocycles. The number of rotatable bonds is 7. The lowest BCUT2D eigenvalue weighted by atomic mass is 10.1. The fourth-order valence-electron chi connectivity index (χ4n) is 3.61. The van der Waals surface area contributed by atoms with Crippen LogP contribution < -0.4 is 20.7 Å². The average Bonchev–Trinajstić information content (AvgIpc) is 3.24. The van der Waals surface area contributed by atoms with Gasteiger partial charge in [0.05, 0.1) is 18.8 Å². The number of carbonyl (C=O) groups is 2. The summed E-state index contributed by atoms with van der Waals surface area (Å²) in [6.07, 6.45) is 2.38. The average molecular weight is 396 g/mol. The van der Waals surface area contributed by atoms with Crippen LogP contribution in [0.15, 0.2) is 48.5 Å². The molecule has 29 heavy (non-hydrogen) atoms. The van der Waals surface area contributed by atoms with E-state index in [0.29, 0.717) is 23.7 Å². The van der Waals surface area contributed by atoms with Gasteiger partial charge in [-0.15, -0.1) is 0 Å². The van der Waals surface area contributed by atoms with Crippen LogP contribution in [0.4, 0.5) is 16.2 Å². The van der Waals surface area contributed by atoms with Crippen LogP contribution in [0.25, 0.3) is 0 Å². The van der Waals surface area contributed by atoms with Crippen LogP contribution in [0.2, 0.25) is 0 Å². The maximum absolute atomic E-state index is 12.5. The van der Waals surface area contributed by atoms with Crippen molar-refractivity contribution in [1.82, 2.24) is 10.2 Å². The van der Waals surface area contributed by atoms with Crippen molar-refractivity contribution in [3.63, 3.8) is 0 Å². The van der Waals surface area contributed by atoms with Crippen molar-refractivity contribution in [1.29, 1.82) is 0 Å². The quantitative estimate of drug-likeness (QED) is 0.668. The molecule has 1 heterocycles. The number of hydrogen-bond donors (Lipinski definition) is 3. The molecule has 1 saturated heterocycles. The lowest BCUT2D eigenvalue weighted by Crippen LogP contribution is -2.38. The molecule has 1 aliphatic heterocycles. The molecule has 0 bridgehead atoms. The van der Waals surface area contributed by atoms with Gasteiger partial charge in [-0.25, -0.2) is 4.79 Å². The molecule has 0 aliphatic carbocycles. The number of methoxy groups -OCH3 is 1. The lowest BCUT2D eigenvalue weighted by Gasteiger charge is -2.28. The van der Waals surface area contributed by atoms with E-state index < -0.39 is 0 Å². The first-order valence-electron chi connectivity index (χ1n) is 9.86. The normalized spacial score (nSPS) is 14.8. The van der Waals surface area contributed by atoms with Crippen LogP contribution in [0.1, 0.15) is 31.4 Å². The number of amides is 3. The van der Waals surface area contributed by atoms with Crippen LogP contribution in [-0.2, 0) is 4.79 Å². The first kappa shape index (κ1) is 20.7. The first-order valence-corrected chi connectivity index (χ1v) is 9.86. The Morgan fingerprint density at radius 1 is 1.07 bits per heavy atom. The second-order valence-corrected chi connectivity index (χ2v) is 7.10. The Hall–Kier alpha value is -3.06. The molecular formula is C22H28N4O3. The van der Waals surface area contributed by atoms with Gasteiger partial charge >= 0.3 is 6.03 Å². The number of likely N-dealkylation sites (tertiary alicyclic amines) is 1. The van der Waals surface area contributed by atoms with Crippen molar-refractivity contribution in [2.24, 2.45) is 0 Å². The third kappa shape index (κ3) is 5.71. The van der Waals surface area contributed by atoms with Crippen molar-refractivity contribution in [2.75, 3.05) is 37.4 Å². The predicted molar refractivity (Wildman–Crippen MR) is 114 cm³/mol. The van der Waals surface area contributed by atoms with Crippen molar-refractivity contribution < 1.29 is 14.3 Å². The highest BCUT2D eigenvalue weighted by Gasteiger charge is 2.23. The molecule has 0 spiro atoms. The molecule has 7 nitrogen and oxygen atoms in total. The van der Waals surface area contributed by atoms with Crippen molar-refractivity contribution >= 4 is 23.3 Å². The Morgan fingerprint density at radius 2 is 1.79 bits per heavy atom. The van der Waals surface area contributed by atoms with Gasteiger partial charge in [0.1, 0.15) is 5.75 Å². The highest BCUT2D eigenvalue weighted by molar-refractivity contribution is 5.93. The molecule has 0 aromatic heterocycles. The number of nitrogens with zero attached hydrogens (tertiary/aromatic N) is 1. The fraction of sp³-hybridized carbons (Fsp3) is 0.364. The summed E-state index contributed by atoms with van der Waals surface area (Å²) < 4.78 is 5.30. The second kappa shape index (κ2) is 9.93. The van der Waals surface area contributed by atoms with Gasteiger partial charge in [-0.05, 0) is 43.6 Å². The van der Waals surface area contributed by atoms with Gasteiger partial charge in [0.25, 0.3) is 0 Å². The van der Waals surface area contributed by atoms with Crippen molar-refractivity contribution in [2.45, 2.75) is 25.8 Å². The molecule has 1 atom stereocenters. The molecule has 1 aliphatic rings. The summed E-state index contributed by atoms with van der Waals surface area (Å²) in [7, 11) is 1.52. The number of hydrogen-bond acceptors (Lipinski definition) is 4. The molecule has 3 amide bonds. The maximum Gasteiger partial charge on any atom is 0.319 e. The number of carbonyl (C=O) groups excluding carboxylic acids is 2. The van der Waals surface area contributed by atoms with Gasteiger partial charge in [0.2, 0.25) is 5.91 Å². The van der Waals surface area contributed by atoms with Crippen LogP contribution in [0.5, 0.6) is 5.75 Å². The molecule has 3 rings (SSSR count). The van der Waals surface area contributed by atoms with E-state index in [9.17, 15) is 9.59 Å². The topological polar surface area (TPSA) is 82.7 Å². The van der Waals surface area contributed by atoms with Crippen LogP contribution in [-0.4, -0.2) is 43.6 Å². The summed E-state index contributed by atoms with van der Waals surface area (Å²) >= 11 is 0. The molecule has 154 valence electrons. The molecular weight excluding hydrogens is 368 g/mol. The van der Waals surface area contributed by atoms with E-state index in [4.69, 9.17) is 4.74 Å². The minimum Gasteiger partial charge on any atom is -0.494 e. The van der Waals surface area contributed by atoms with E-state index >= 15 is 0 Å². The Kier molecular flexibility index (Phi) is 7.08. The van der Waals surface area contributed by atoms with Crippen molar-refractivity contribution in [3.05, 3.63) is 54.1 Å². The van der Waals surface area contributed by atoms with Gasteiger partial charge in [-0.1, -0.05) is 30.3 Å². The summed E-state index contributed by atoms with van der Waals surface area (Å²) in [6.45, 7) is 4.05. The summed E-state index contributed by atoms with van der Waals surface area (Å²) in [6, 6.07) is 15.3. The van der Waals surface area contributed by atoms with E-state index in [1.165, 1.54) is 32.4 Å². The Balaban J connectivity index is 1.62. The predicted octanol–water partition coefficient (Wildman–Crippen LogP) is 3.61. The minimum atomic E-state index is -0.278. The van der Waals surface area contributed by atoms with Gasteiger partial charge in [-0.2, -0.15) is 0 Å². The Morgan fingerprint density at radius 3 is 2.45 bits per heavy atom. The standard InChI is InChI=1S/C22H28N4O3/c1-16(27)24-19-11-10-18(14-21(19)29-2)25-22(28)23-15-20(26-12-6-7-13-26)17-8-4-3-5-9-17/h3-5,8-11,14,20H,6-7,12-13,15H2,1-2H3,(H,24,27)(H2,23,25,28). The van der Waals surface area contributed by atoms with E-state index in [0.717, 1.165) is 13.1 Å². The van der Waals surface area contributed by atoms with E-state index in [2.05, 4.69) is 33.0 Å². The summed E-state index contributed by atoms with van der Waals surface area (Å²) in [5, 5.41) is 8.52. The van der Waals surface area contributed by atoms with Crippen LogP contribution in [0.3, 0.4) is 0 Å². The second-order valence-electron chi connectivity index (χ2n) is 7.10. The van der Waals surface area contributed by atoms with Gasteiger partial charge in [0.15, 0.2) is 0 Å². The summed E-state index contributed by atoms with van der Waals surface area (Å²) in [5.41, 5.74) is 2.35. The molecule has 1 unspecified atom stereocenters. The molecule has 3 N–H and O–H groups in total. The zero-order valence-electron chi connectivity index (χ0n) is 16.9. The van der Waals surface area contributed by atoms with Gasteiger partial charge in [0, 0.05) is 25.2 Å². The SMILES string of the molecule is COc1cc(NC(=O)NCC(c2ccccc2)N2CCCC2)ccc1NC(C)=O. The maximum atomic E-state index is 12.5. The number of anilines is 2. The highest BCUT2D eigenvalue weighted by atomic mass is 16.5. The Labute approximate surface area is 171 Å². The summed E-state index contributed by atoms with van der Waals surface area (Å²) in [5.74, 6) is 0.299. The molecule has 0 saturated carbocycles. The van der Waals surface area contributed by atoms with E-state index in [-0.39, 0.29) is 18.0 Å². The third-order valence-electron chi connectivity index (χ3n) is 4.99. The first-order chi connectivity index (χ1) is 14.1. The smallest absolute Gasteiger partial charge is 0.319 e. The molecule has 2 aromatic rings. The molecule has 1 fully saturated rings. The number of urea groups is 1. The largest absolute Gasteiger partial charge is 0.494 e. The zero-order valence-corrected chi connectivity index (χ0v) is 16.9. The van der Waals surface area contributed by atoms with Gasteiger partial charge < -0.3 is 20.7 Å². The lowest BCUT2D eigenvalue weighted by molar-refractivity contribution is -0.114. The fourth-order valence-corrected chi connectivity index (χ4v) is 3.61. The molecule has 0 radical (unpaired) electrons. The Bertz CT molecular complexity index is 835. The zero-order chi connectivity index (χ0) is 20.6. The third-order valence-corrected chi connectivity index (χ3v) is 4.99. The minimum absolute atomic E-state index is 0.154. The molecule has 7 heteroatoms. The van der Waals surface area contributed by atoms with Crippen LogP contribution >= 0.6 is 0 Å². The summed E-state index contributed by atoms with van der Waals surface area (Å²) in [4.78, 5) is 26.2. The number of benzene rings is 2. The van der Waals surface area contributed by atoms with Crippen molar-refractivity contribution in [3.8, 4) is 5.75 Å². The van der Waals surface area contributed by atoms with E-state index in [1.807, 2.05) is 18.2 Å². The monoisotopic (exact) mass is 396 g/mol. The van der Waals surface area contributed by atoms with Crippen LogP contribution in [0, 0.1) is 0 Å². The van der Waals surface area contributed by atoms with E-state index in [1.54, 1.807) is 18.2 Å². The number of nitrogens with one attached hydrogen (secondary N) is 3. The van der Waals surface area contributed by atoms with Gasteiger partial charge in [-0.3, -0.25) is 9.69 Å². The highest BCUT2D eigenvalue weighted by Crippen LogP contribution is 2.28. The number of ether oxygens (including phenoxy) is 1.